The number of amidine groups is 2. The molecule has 0 atom stereocenters. The summed E-state index contributed by atoms with van der Waals surface area (Å²) in [5, 5.41) is 14.0. The molecule has 0 unspecified atom stereocenters. The molecule has 2 rings (SSSR count). The third-order valence-electron chi connectivity index (χ3n) is 2.11. The minimum absolute atomic E-state index is 0. The quantitative estimate of drug-likeness (QED) is 0.496. The fraction of sp³-hybridized carbons (Fsp3) is 0.0769. The third kappa shape index (κ3) is 7.86. The van der Waals surface area contributed by atoms with Gasteiger partial charge in [-0.15, -0.1) is 24.8 Å². The van der Waals surface area contributed by atoms with Crippen LogP contribution in [0, 0.1) is 17.7 Å². The fourth-order valence-corrected chi connectivity index (χ4v) is 1.22. The molecular formula is C13H18Cl2N6. The van der Waals surface area contributed by atoms with Crippen LogP contribution in [0.15, 0.2) is 42.6 Å². The Kier molecular flexibility index (Phi) is 10.7. The van der Waals surface area contributed by atoms with Gasteiger partial charge >= 0.3 is 0 Å². The van der Waals surface area contributed by atoms with Crippen molar-refractivity contribution in [3.63, 3.8) is 0 Å². The van der Waals surface area contributed by atoms with Crippen LogP contribution in [0.4, 0.5) is 0 Å². The van der Waals surface area contributed by atoms with Crippen molar-refractivity contribution in [2.75, 3.05) is 0 Å². The van der Waals surface area contributed by atoms with Gasteiger partial charge in [0.05, 0.1) is 0 Å². The lowest BCUT2D eigenvalue weighted by molar-refractivity contribution is 1.16. The van der Waals surface area contributed by atoms with Gasteiger partial charge in [0, 0.05) is 11.9 Å². The number of aryl methyl sites for hydroxylation is 1. The van der Waals surface area contributed by atoms with E-state index in [1.165, 1.54) is 0 Å². The molecule has 2 aromatic rings. The van der Waals surface area contributed by atoms with E-state index in [1.54, 1.807) is 30.5 Å². The van der Waals surface area contributed by atoms with E-state index in [0.29, 0.717) is 11.4 Å². The van der Waals surface area contributed by atoms with Gasteiger partial charge in [0.1, 0.15) is 23.1 Å². The van der Waals surface area contributed by atoms with Crippen molar-refractivity contribution in [1.29, 1.82) is 10.8 Å². The number of nitrogens with zero attached hydrogens (tertiary/aromatic N) is 2. The zero-order valence-electron chi connectivity index (χ0n) is 11.4. The minimum Gasteiger partial charge on any atom is -0.382 e. The second kappa shape index (κ2) is 10.6. The van der Waals surface area contributed by atoms with Crippen LogP contribution in [-0.4, -0.2) is 21.6 Å². The summed E-state index contributed by atoms with van der Waals surface area (Å²) < 4.78 is 0. The summed E-state index contributed by atoms with van der Waals surface area (Å²) in [5.74, 6) is 0.0271. The Morgan fingerprint density at radius 2 is 1.48 bits per heavy atom. The van der Waals surface area contributed by atoms with Crippen molar-refractivity contribution in [2.45, 2.75) is 6.92 Å². The van der Waals surface area contributed by atoms with Crippen LogP contribution in [0.5, 0.6) is 0 Å². The van der Waals surface area contributed by atoms with Crippen LogP contribution in [0.25, 0.3) is 0 Å². The van der Waals surface area contributed by atoms with Crippen molar-refractivity contribution in [1.82, 2.24) is 9.97 Å². The summed E-state index contributed by atoms with van der Waals surface area (Å²) in [6, 6.07) is 10.7. The molecule has 6 nitrogen and oxygen atoms in total. The maximum atomic E-state index is 7.05. The predicted octanol–water partition coefficient (Wildman–Crippen LogP) is 1.88. The molecule has 6 N–H and O–H groups in total. The molecule has 0 amide bonds. The first-order valence-corrected chi connectivity index (χ1v) is 5.54. The van der Waals surface area contributed by atoms with Crippen molar-refractivity contribution in [3.05, 3.63) is 59.7 Å². The molecule has 0 aliphatic heterocycles. The molecule has 0 aliphatic carbocycles. The van der Waals surface area contributed by atoms with E-state index in [2.05, 4.69) is 9.97 Å². The number of nitrogen functional groups attached to an aromatic ring is 2. The minimum atomic E-state index is 0. The Morgan fingerprint density at radius 1 is 0.905 bits per heavy atom. The van der Waals surface area contributed by atoms with E-state index in [9.17, 15) is 0 Å². The summed E-state index contributed by atoms with van der Waals surface area (Å²) in [4.78, 5) is 7.85. The average Bonchev–Trinajstić information content (AvgIpc) is 2.40. The van der Waals surface area contributed by atoms with Gasteiger partial charge in [-0.3, -0.25) is 15.8 Å². The fourth-order valence-electron chi connectivity index (χ4n) is 1.22. The van der Waals surface area contributed by atoms with E-state index < -0.39 is 0 Å². The highest BCUT2D eigenvalue weighted by atomic mass is 35.5. The van der Waals surface area contributed by atoms with Crippen LogP contribution >= 0.6 is 24.8 Å². The van der Waals surface area contributed by atoms with Crippen LogP contribution in [0.2, 0.25) is 0 Å². The Labute approximate surface area is 135 Å². The molecule has 21 heavy (non-hydrogen) atoms. The Morgan fingerprint density at radius 3 is 1.81 bits per heavy atom. The van der Waals surface area contributed by atoms with Gasteiger partial charge in [-0.25, -0.2) is 4.98 Å². The third-order valence-corrected chi connectivity index (χ3v) is 2.11. The number of rotatable bonds is 2. The molecule has 2 aromatic heterocycles. The summed E-state index contributed by atoms with van der Waals surface area (Å²) in [7, 11) is 0. The summed E-state index contributed by atoms with van der Waals surface area (Å²) in [5.41, 5.74) is 12.3. The molecule has 2 heterocycles. The first kappa shape index (κ1) is 21.1. The van der Waals surface area contributed by atoms with Crippen LogP contribution in [-0.2, 0) is 0 Å². The maximum Gasteiger partial charge on any atom is 0.141 e. The van der Waals surface area contributed by atoms with Gasteiger partial charge in [-0.1, -0.05) is 12.1 Å². The number of nitrogens with two attached hydrogens (primary N) is 2. The molecule has 0 radical (unpaired) electrons. The van der Waals surface area contributed by atoms with Crippen LogP contribution in [0.1, 0.15) is 17.1 Å². The molecule has 0 fully saturated rings. The normalized spacial score (nSPS) is 8.24. The molecule has 0 aromatic carbocycles. The van der Waals surface area contributed by atoms with Crippen molar-refractivity contribution < 1.29 is 0 Å². The van der Waals surface area contributed by atoms with Gasteiger partial charge in [0.2, 0.25) is 0 Å². The number of hydrogen-bond donors (Lipinski definition) is 4. The smallest absolute Gasteiger partial charge is 0.141 e. The van der Waals surface area contributed by atoms with Crippen molar-refractivity contribution in [2.24, 2.45) is 11.5 Å². The molecule has 8 heteroatoms. The Hall–Kier alpha value is -2.18. The van der Waals surface area contributed by atoms with Crippen LogP contribution in [0.3, 0.4) is 0 Å². The van der Waals surface area contributed by atoms with Gasteiger partial charge < -0.3 is 11.5 Å². The SMILES string of the molecule is Cc1cccc(C(=N)N)n1.Cl.Cl.N=C(N)c1ccccn1. The van der Waals surface area contributed by atoms with Crippen LogP contribution < -0.4 is 11.5 Å². The summed E-state index contributed by atoms with van der Waals surface area (Å²) in [6.45, 7) is 1.87. The Bertz CT molecular complexity index is 574. The molecule has 0 bridgehead atoms. The molecule has 0 spiro atoms. The standard InChI is InChI=1S/C7H9N3.C6H7N3.2ClH/c1-5-3-2-4-6(10-5)7(8)9;7-6(8)5-3-1-2-4-9-5;;/h2-4H,1H3,(H3,8,9);1-4H,(H3,7,8);2*1H. The van der Waals surface area contributed by atoms with Gasteiger partial charge in [0.25, 0.3) is 0 Å². The van der Waals surface area contributed by atoms with Gasteiger partial charge in [0.15, 0.2) is 0 Å². The van der Waals surface area contributed by atoms with Gasteiger partial charge in [-0.05, 0) is 31.2 Å². The molecule has 114 valence electrons. The number of nitrogens with one attached hydrogen (secondary N) is 2. The highest BCUT2D eigenvalue weighted by Gasteiger charge is 1.95. The molecule has 0 saturated carbocycles. The van der Waals surface area contributed by atoms with E-state index in [4.69, 9.17) is 22.3 Å². The lowest BCUT2D eigenvalue weighted by Gasteiger charge is -1.96. The average molecular weight is 329 g/mol. The van der Waals surface area contributed by atoms with E-state index in [1.807, 2.05) is 19.1 Å². The first-order chi connectivity index (χ1) is 9.00. The van der Waals surface area contributed by atoms with E-state index in [-0.39, 0.29) is 36.5 Å². The van der Waals surface area contributed by atoms with Crippen molar-refractivity contribution in [3.8, 4) is 0 Å². The maximum absolute atomic E-state index is 7.05. The largest absolute Gasteiger partial charge is 0.382 e. The van der Waals surface area contributed by atoms with E-state index in [0.717, 1.165) is 5.69 Å². The predicted molar refractivity (Wildman–Crippen MR) is 89.7 cm³/mol. The topological polar surface area (TPSA) is 126 Å². The van der Waals surface area contributed by atoms with E-state index >= 15 is 0 Å². The summed E-state index contributed by atoms with van der Waals surface area (Å²) >= 11 is 0. The summed E-state index contributed by atoms with van der Waals surface area (Å²) in [6.07, 6.45) is 1.61. The second-order valence-electron chi connectivity index (χ2n) is 3.71. The monoisotopic (exact) mass is 328 g/mol. The lowest BCUT2D eigenvalue weighted by atomic mass is 10.3. The number of halogens is 2. The second-order valence-corrected chi connectivity index (χ2v) is 3.71. The number of aromatic nitrogens is 2. The van der Waals surface area contributed by atoms with Gasteiger partial charge in [-0.2, -0.15) is 0 Å². The Balaban J connectivity index is 0. The first-order valence-electron chi connectivity index (χ1n) is 5.54. The molecule has 0 aliphatic rings. The zero-order chi connectivity index (χ0) is 14.3. The lowest BCUT2D eigenvalue weighted by Crippen LogP contribution is -2.13. The molecule has 0 saturated heterocycles. The highest BCUT2D eigenvalue weighted by molar-refractivity contribution is 5.93. The number of pyridine rings is 2. The van der Waals surface area contributed by atoms with Crippen molar-refractivity contribution >= 4 is 36.5 Å². The molecular weight excluding hydrogens is 311 g/mol. The number of hydrogen-bond acceptors (Lipinski definition) is 4. The zero-order valence-corrected chi connectivity index (χ0v) is 13.0. The highest BCUT2D eigenvalue weighted by Crippen LogP contribution is 1.95.